The standard InChI is InChI=1S/C42H70O8.C18H22O8/c1-5-9-13-17-21-25-29-47-39(43)35-33-37(41(45)49-31-27-23-19-15-11-7-3)38(42(46)50-32-28-24-20-16-12-8-4)34-36(35)40(44)48-30-26-22-18-14-10-6-2;1-3-5-6-9(4-2)7-10-13(17(23)24)11(15(19)20)8-12(16(21)22)14(10)18(25)26/h33-34H,5-32H2,1-4H3;8-9H,3-7H2,1-2H3,(H,19,20)(H,21,22)(H,23,24)(H,25,26). The SMILES string of the molecule is CCCCC(CC)Cc1c(C(=O)O)c(C(=O)O)cc(C(=O)O)c1C(=O)O.CCCCCCCCOC(=O)c1cc(C(=O)OCCCCCCCC)c(C(=O)OCCCCCCCC)cc1C(=O)OCCCCCCCC. The Hall–Kier alpha value is -5.80. The molecule has 0 spiro atoms. The number of carboxylic acids is 4. The van der Waals surface area contributed by atoms with Gasteiger partial charge in [-0.05, 0) is 61.8 Å². The third kappa shape index (κ3) is 26.3. The third-order valence-electron chi connectivity index (χ3n) is 13.3. The Morgan fingerprint density at radius 3 is 0.829 bits per heavy atom. The second-order valence-electron chi connectivity index (χ2n) is 19.6. The van der Waals surface area contributed by atoms with E-state index in [4.69, 9.17) is 18.9 Å². The molecule has 16 nitrogen and oxygen atoms in total. The van der Waals surface area contributed by atoms with Crippen LogP contribution >= 0.6 is 0 Å². The van der Waals surface area contributed by atoms with Gasteiger partial charge in [-0.1, -0.05) is 196 Å². The van der Waals surface area contributed by atoms with Crippen molar-refractivity contribution in [2.75, 3.05) is 26.4 Å². The zero-order chi connectivity index (χ0) is 56.7. The molecular weight excluding hydrogens is 977 g/mol. The van der Waals surface area contributed by atoms with Gasteiger partial charge in [-0.2, -0.15) is 0 Å². The van der Waals surface area contributed by atoms with Crippen LogP contribution in [0, 0.1) is 5.92 Å². The molecule has 0 saturated carbocycles. The lowest BCUT2D eigenvalue weighted by Crippen LogP contribution is -2.22. The molecule has 0 fully saturated rings. The highest BCUT2D eigenvalue weighted by molar-refractivity contribution is 6.12. The Balaban J connectivity index is 0.000000928. The fraction of sp³-hybridized carbons (Fsp3) is 0.667. The Morgan fingerprint density at radius 2 is 0.592 bits per heavy atom. The molecule has 0 aliphatic carbocycles. The van der Waals surface area contributed by atoms with E-state index in [1.54, 1.807) is 0 Å². The van der Waals surface area contributed by atoms with E-state index in [1.807, 2.05) is 13.8 Å². The monoisotopic (exact) mass is 1070 g/mol. The molecule has 16 heteroatoms. The zero-order valence-corrected chi connectivity index (χ0v) is 46.8. The van der Waals surface area contributed by atoms with Crippen molar-refractivity contribution in [3.05, 3.63) is 68.3 Å². The van der Waals surface area contributed by atoms with Crippen LogP contribution in [0.25, 0.3) is 0 Å². The van der Waals surface area contributed by atoms with E-state index < -0.39 is 70.0 Å². The van der Waals surface area contributed by atoms with Crippen LogP contribution in [0.4, 0.5) is 0 Å². The summed E-state index contributed by atoms with van der Waals surface area (Å²) in [5.41, 5.74) is -3.44. The minimum Gasteiger partial charge on any atom is -0.478 e. The number of carbonyl (C=O) groups is 8. The van der Waals surface area contributed by atoms with Crippen molar-refractivity contribution in [1.82, 2.24) is 0 Å². The normalized spacial score (nSPS) is 11.2. The number of carboxylic acid groups (broad SMARTS) is 4. The minimum atomic E-state index is -1.62. The molecule has 2 aromatic carbocycles. The van der Waals surface area contributed by atoms with Crippen molar-refractivity contribution < 1.29 is 77.7 Å². The molecule has 0 amide bonds. The highest BCUT2D eigenvalue weighted by atomic mass is 16.5. The van der Waals surface area contributed by atoms with E-state index in [9.17, 15) is 58.8 Å². The van der Waals surface area contributed by atoms with Crippen LogP contribution in [0.2, 0.25) is 0 Å². The largest absolute Gasteiger partial charge is 0.478 e. The zero-order valence-electron chi connectivity index (χ0n) is 46.8. The van der Waals surface area contributed by atoms with Gasteiger partial charge in [0.1, 0.15) is 0 Å². The maximum atomic E-state index is 13.4. The van der Waals surface area contributed by atoms with Crippen LogP contribution in [0.5, 0.6) is 0 Å². The van der Waals surface area contributed by atoms with Crippen LogP contribution in [0.1, 0.15) is 310 Å². The molecule has 1 atom stereocenters. The van der Waals surface area contributed by atoms with Gasteiger partial charge in [-0.25, -0.2) is 38.4 Å². The maximum Gasteiger partial charge on any atom is 0.339 e. The second kappa shape index (κ2) is 41.4. The van der Waals surface area contributed by atoms with Crippen LogP contribution in [-0.2, 0) is 25.4 Å². The lowest BCUT2D eigenvalue weighted by molar-refractivity contribution is 0.0434. The average molecular weight is 1070 g/mol. The smallest absolute Gasteiger partial charge is 0.339 e. The molecule has 76 heavy (non-hydrogen) atoms. The van der Waals surface area contributed by atoms with Gasteiger partial charge >= 0.3 is 47.8 Å². The van der Waals surface area contributed by atoms with Crippen molar-refractivity contribution in [3.8, 4) is 0 Å². The first kappa shape index (κ1) is 68.2. The van der Waals surface area contributed by atoms with Crippen molar-refractivity contribution >= 4 is 47.8 Å². The molecular formula is C60H92O16. The van der Waals surface area contributed by atoms with E-state index in [0.717, 1.165) is 116 Å². The fourth-order valence-electron chi connectivity index (χ4n) is 8.78. The first-order valence-electron chi connectivity index (χ1n) is 28.6. The van der Waals surface area contributed by atoms with Crippen LogP contribution in [0.3, 0.4) is 0 Å². The lowest BCUT2D eigenvalue weighted by Gasteiger charge is -2.20. The van der Waals surface area contributed by atoms with Gasteiger partial charge in [0.25, 0.3) is 0 Å². The summed E-state index contributed by atoms with van der Waals surface area (Å²) in [6.07, 6.45) is 27.7. The Bertz CT molecular complexity index is 1880. The Kier molecular flexibility index (Phi) is 37.1. The molecule has 0 bridgehead atoms. The number of ether oxygens (including phenoxy) is 4. The molecule has 2 rings (SSSR count). The van der Waals surface area contributed by atoms with Crippen molar-refractivity contribution in [2.45, 2.75) is 228 Å². The highest BCUT2D eigenvalue weighted by Gasteiger charge is 2.33. The minimum absolute atomic E-state index is 0.0127. The van der Waals surface area contributed by atoms with Crippen LogP contribution < -0.4 is 0 Å². The summed E-state index contributed by atoms with van der Waals surface area (Å²) in [5.74, 6) is -9.45. The van der Waals surface area contributed by atoms with E-state index in [-0.39, 0.29) is 66.6 Å². The Labute approximate surface area is 452 Å². The van der Waals surface area contributed by atoms with Gasteiger partial charge in [0.2, 0.25) is 0 Å². The average Bonchev–Trinajstić information content (AvgIpc) is 3.39. The van der Waals surface area contributed by atoms with E-state index in [0.29, 0.717) is 44.6 Å². The molecule has 0 aliphatic rings. The topological polar surface area (TPSA) is 254 Å². The number of benzene rings is 2. The summed E-state index contributed by atoms with van der Waals surface area (Å²) < 4.78 is 22.4. The first-order valence-corrected chi connectivity index (χ1v) is 28.6. The van der Waals surface area contributed by atoms with Gasteiger partial charge in [0, 0.05) is 0 Å². The quantitative estimate of drug-likeness (QED) is 0.0274. The van der Waals surface area contributed by atoms with Gasteiger partial charge in [0.05, 0.1) is 70.9 Å². The number of hydrogen-bond donors (Lipinski definition) is 4. The van der Waals surface area contributed by atoms with Gasteiger partial charge < -0.3 is 39.4 Å². The number of carbonyl (C=O) groups excluding carboxylic acids is 4. The van der Waals surface area contributed by atoms with Gasteiger partial charge in [0.15, 0.2) is 0 Å². The molecule has 0 aliphatic heterocycles. The summed E-state index contributed by atoms with van der Waals surface area (Å²) in [4.78, 5) is 100. The number of esters is 4. The second-order valence-corrected chi connectivity index (χ2v) is 19.6. The lowest BCUT2D eigenvalue weighted by atomic mass is 9.83. The number of hydrogen-bond acceptors (Lipinski definition) is 12. The van der Waals surface area contributed by atoms with E-state index >= 15 is 0 Å². The van der Waals surface area contributed by atoms with E-state index in [1.165, 1.54) is 37.8 Å². The summed E-state index contributed by atoms with van der Waals surface area (Å²) >= 11 is 0. The van der Waals surface area contributed by atoms with Crippen molar-refractivity contribution in [2.24, 2.45) is 5.92 Å². The molecule has 428 valence electrons. The van der Waals surface area contributed by atoms with Crippen molar-refractivity contribution in [3.63, 3.8) is 0 Å². The molecule has 4 N–H and O–H groups in total. The predicted molar refractivity (Wildman–Crippen MR) is 292 cm³/mol. The van der Waals surface area contributed by atoms with E-state index in [2.05, 4.69) is 27.7 Å². The van der Waals surface area contributed by atoms with Gasteiger partial charge in [-0.15, -0.1) is 0 Å². The summed E-state index contributed by atoms with van der Waals surface area (Å²) in [6.45, 7) is 13.3. The van der Waals surface area contributed by atoms with Gasteiger partial charge in [-0.3, -0.25) is 0 Å². The number of rotatable bonds is 42. The Morgan fingerprint density at radius 1 is 0.342 bits per heavy atom. The van der Waals surface area contributed by atoms with Crippen molar-refractivity contribution in [1.29, 1.82) is 0 Å². The molecule has 0 radical (unpaired) electrons. The first-order chi connectivity index (χ1) is 36.6. The number of unbranched alkanes of at least 4 members (excludes halogenated alkanes) is 21. The molecule has 2 aromatic rings. The van der Waals surface area contributed by atoms with Crippen LogP contribution in [0.15, 0.2) is 18.2 Å². The third-order valence-corrected chi connectivity index (χ3v) is 13.3. The van der Waals surface area contributed by atoms with Crippen LogP contribution in [-0.4, -0.2) is 94.6 Å². The summed E-state index contributed by atoms with van der Waals surface area (Å²) in [6, 6.07) is 3.12. The maximum absolute atomic E-state index is 13.4. The molecule has 0 aromatic heterocycles. The molecule has 0 heterocycles. The molecule has 0 saturated heterocycles. The number of aromatic carboxylic acids is 4. The predicted octanol–water partition coefficient (Wildman–Crippen LogP) is 15.0. The summed E-state index contributed by atoms with van der Waals surface area (Å²) in [5, 5.41) is 37.6. The molecule has 1 unspecified atom stereocenters. The highest BCUT2D eigenvalue weighted by Crippen LogP contribution is 2.30. The summed E-state index contributed by atoms with van der Waals surface area (Å²) in [7, 11) is 0. The fourth-order valence-corrected chi connectivity index (χ4v) is 8.78.